The van der Waals surface area contributed by atoms with Crippen LogP contribution in [0.1, 0.15) is 11.1 Å². The van der Waals surface area contributed by atoms with Crippen LogP contribution in [0.4, 0.5) is 0 Å². The van der Waals surface area contributed by atoms with E-state index < -0.39 is 0 Å². The van der Waals surface area contributed by atoms with Crippen molar-refractivity contribution in [3.05, 3.63) is 108 Å². The van der Waals surface area contributed by atoms with Crippen molar-refractivity contribution in [2.75, 3.05) is 0 Å². The molecule has 6 rings (SSSR count). The minimum atomic E-state index is 1.29. The number of rotatable bonds is 3. The Labute approximate surface area is 196 Å². The number of thiophene rings is 2. The molecule has 0 bridgehead atoms. The van der Waals surface area contributed by atoms with Crippen molar-refractivity contribution >= 4 is 44.2 Å². The fraction of sp³-hybridized carbons (Fsp3) is 0.0667. The molecule has 0 aliphatic carbocycles. The maximum absolute atomic E-state index is 2.38. The highest BCUT2D eigenvalue weighted by atomic mass is 32.1. The number of hydrogen-bond donors (Lipinski definition) is 0. The first-order valence-corrected chi connectivity index (χ1v) is 12.5. The van der Waals surface area contributed by atoms with Crippen LogP contribution in [0.5, 0.6) is 0 Å². The molecule has 2 heteroatoms. The summed E-state index contributed by atoms with van der Waals surface area (Å²) in [5, 5.41) is 5.42. The lowest BCUT2D eigenvalue weighted by Crippen LogP contribution is -1.88. The van der Waals surface area contributed by atoms with Gasteiger partial charge in [0.2, 0.25) is 0 Å². The Hall–Kier alpha value is -3.20. The minimum Gasteiger partial charge on any atom is -0.134 e. The van der Waals surface area contributed by atoms with Crippen molar-refractivity contribution in [1.29, 1.82) is 0 Å². The second-order valence-electron chi connectivity index (χ2n) is 8.25. The summed E-state index contributed by atoms with van der Waals surface area (Å²) in [5.74, 6) is 0. The van der Waals surface area contributed by atoms with Gasteiger partial charge < -0.3 is 0 Å². The molecule has 0 saturated heterocycles. The van der Waals surface area contributed by atoms with E-state index in [2.05, 4.69) is 111 Å². The van der Waals surface area contributed by atoms with Crippen LogP contribution < -0.4 is 0 Å². The number of fused-ring (bicyclic) bond motifs is 2. The molecule has 0 fully saturated rings. The van der Waals surface area contributed by atoms with Crippen molar-refractivity contribution < 1.29 is 0 Å². The molecule has 0 nitrogen and oxygen atoms in total. The van der Waals surface area contributed by atoms with Crippen molar-refractivity contribution in [2.45, 2.75) is 13.8 Å². The molecule has 0 aliphatic heterocycles. The zero-order valence-electron chi connectivity index (χ0n) is 18.1. The Morgan fingerprint density at radius 2 is 0.906 bits per heavy atom. The summed E-state index contributed by atoms with van der Waals surface area (Å²) in [6.07, 6.45) is 0. The van der Waals surface area contributed by atoms with Gasteiger partial charge in [-0.1, -0.05) is 66.7 Å². The summed E-state index contributed by atoms with van der Waals surface area (Å²) in [4.78, 5) is 5.30. The average molecular weight is 447 g/mol. The molecular formula is C30H22S2. The second kappa shape index (κ2) is 7.74. The zero-order valence-corrected chi connectivity index (χ0v) is 19.7. The van der Waals surface area contributed by atoms with Crippen molar-refractivity contribution in [1.82, 2.24) is 0 Å². The maximum Gasteiger partial charge on any atom is 0.0449 e. The first-order valence-electron chi connectivity index (χ1n) is 10.9. The molecular weight excluding hydrogens is 424 g/mol. The highest BCUT2D eigenvalue weighted by molar-refractivity contribution is 7.25. The summed E-state index contributed by atoms with van der Waals surface area (Å²) in [7, 11) is 0. The first kappa shape index (κ1) is 19.5. The van der Waals surface area contributed by atoms with E-state index in [-0.39, 0.29) is 0 Å². The lowest BCUT2D eigenvalue weighted by molar-refractivity contribution is 1.52. The van der Waals surface area contributed by atoms with Crippen LogP contribution in [0.15, 0.2) is 97.1 Å². The summed E-state index contributed by atoms with van der Waals surface area (Å²) < 4.78 is 0. The van der Waals surface area contributed by atoms with Gasteiger partial charge in [0.1, 0.15) is 0 Å². The van der Waals surface area contributed by atoms with Gasteiger partial charge in [-0.3, -0.25) is 0 Å². The Kier molecular flexibility index (Phi) is 4.71. The summed E-state index contributed by atoms with van der Waals surface area (Å²) in [6.45, 7) is 4.50. The molecule has 0 atom stereocenters. The summed E-state index contributed by atoms with van der Waals surface area (Å²) in [5.41, 5.74) is 5.32. The molecule has 154 valence electrons. The van der Waals surface area contributed by atoms with E-state index in [0.29, 0.717) is 0 Å². The minimum absolute atomic E-state index is 1.29. The van der Waals surface area contributed by atoms with Gasteiger partial charge in [0.05, 0.1) is 0 Å². The predicted molar refractivity (Wildman–Crippen MR) is 143 cm³/mol. The van der Waals surface area contributed by atoms with Crippen molar-refractivity contribution in [3.63, 3.8) is 0 Å². The summed E-state index contributed by atoms with van der Waals surface area (Å²) >= 11 is 3.75. The molecule has 0 unspecified atom stereocenters. The van der Waals surface area contributed by atoms with Gasteiger partial charge in [-0.15, -0.1) is 22.7 Å². The number of aryl methyl sites for hydroxylation is 2. The molecule has 0 radical (unpaired) electrons. The molecule has 0 aliphatic rings. The third kappa shape index (κ3) is 3.19. The van der Waals surface area contributed by atoms with E-state index in [0.717, 1.165) is 0 Å². The Balaban J connectivity index is 1.41. The van der Waals surface area contributed by atoms with E-state index in [1.54, 1.807) is 0 Å². The van der Waals surface area contributed by atoms with E-state index in [1.807, 2.05) is 22.7 Å². The van der Waals surface area contributed by atoms with Gasteiger partial charge in [0, 0.05) is 19.5 Å². The van der Waals surface area contributed by atoms with Gasteiger partial charge in [-0.25, -0.2) is 0 Å². The summed E-state index contributed by atoms with van der Waals surface area (Å²) in [6, 6.07) is 35.4. The van der Waals surface area contributed by atoms with E-state index in [4.69, 9.17) is 0 Å². The lowest BCUT2D eigenvalue weighted by atomic mass is 9.92. The van der Waals surface area contributed by atoms with Crippen LogP contribution in [-0.2, 0) is 0 Å². The van der Waals surface area contributed by atoms with Crippen LogP contribution in [0.3, 0.4) is 0 Å². The molecule has 32 heavy (non-hydrogen) atoms. The maximum atomic E-state index is 2.38. The molecule has 6 aromatic rings. The third-order valence-corrected chi connectivity index (χ3v) is 8.82. The van der Waals surface area contributed by atoms with E-state index in [9.17, 15) is 0 Å². The first-order chi connectivity index (χ1) is 15.7. The van der Waals surface area contributed by atoms with Crippen LogP contribution in [0.2, 0.25) is 0 Å². The van der Waals surface area contributed by atoms with E-state index in [1.165, 1.54) is 63.3 Å². The van der Waals surface area contributed by atoms with Crippen molar-refractivity contribution in [2.24, 2.45) is 0 Å². The molecule has 0 N–H and O–H groups in total. The Bertz CT molecular complexity index is 1580. The molecule has 4 aromatic carbocycles. The van der Waals surface area contributed by atoms with Crippen molar-refractivity contribution in [3.8, 4) is 30.6 Å². The zero-order chi connectivity index (χ0) is 21.7. The second-order valence-corrected chi connectivity index (χ2v) is 10.4. The quantitative estimate of drug-likeness (QED) is 0.237. The monoisotopic (exact) mass is 446 g/mol. The molecule has 0 saturated carbocycles. The molecule has 0 amide bonds. The van der Waals surface area contributed by atoms with E-state index >= 15 is 0 Å². The fourth-order valence-electron chi connectivity index (χ4n) is 4.62. The van der Waals surface area contributed by atoms with Gasteiger partial charge in [0.25, 0.3) is 0 Å². The Morgan fingerprint density at radius 3 is 1.56 bits per heavy atom. The number of benzene rings is 4. The normalized spacial score (nSPS) is 11.4. The SMILES string of the molecule is Cc1c2ccccc2c(C)c2cc(-c3ccc(-c4ccc(-c5ccccc5)s4)s3)ccc12. The number of hydrogen-bond acceptors (Lipinski definition) is 2. The molecule has 2 heterocycles. The standard InChI is InChI=1S/C30H22S2/c1-19-23-10-6-7-11-24(23)20(2)26-18-22(12-13-25(19)26)28-15-17-30(32-28)29-16-14-27(31-29)21-8-4-3-5-9-21/h3-18H,1-2H3. The highest BCUT2D eigenvalue weighted by Crippen LogP contribution is 2.41. The van der Waals surface area contributed by atoms with Gasteiger partial charge in [0.15, 0.2) is 0 Å². The molecule has 2 aromatic heterocycles. The van der Waals surface area contributed by atoms with Crippen LogP contribution in [0, 0.1) is 13.8 Å². The fourth-order valence-corrected chi connectivity index (χ4v) is 6.72. The average Bonchev–Trinajstić information content (AvgIpc) is 3.53. The Morgan fingerprint density at radius 1 is 0.406 bits per heavy atom. The largest absolute Gasteiger partial charge is 0.134 e. The molecule has 0 spiro atoms. The van der Waals surface area contributed by atoms with Crippen LogP contribution >= 0.6 is 22.7 Å². The lowest BCUT2D eigenvalue weighted by Gasteiger charge is -2.13. The smallest absolute Gasteiger partial charge is 0.0449 e. The van der Waals surface area contributed by atoms with Gasteiger partial charge in [-0.05, 0) is 88.0 Å². The topological polar surface area (TPSA) is 0 Å². The van der Waals surface area contributed by atoms with Gasteiger partial charge >= 0.3 is 0 Å². The van der Waals surface area contributed by atoms with Crippen LogP contribution in [0.25, 0.3) is 52.2 Å². The van der Waals surface area contributed by atoms with Gasteiger partial charge in [-0.2, -0.15) is 0 Å². The predicted octanol–water partition coefficient (Wildman–Crippen LogP) is 9.73. The third-order valence-electron chi connectivity index (χ3n) is 6.36. The van der Waals surface area contributed by atoms with Crippen LogP contribution in [-0.4, -0.2) is 0 Å². The highest BCUT2D eigenvalue weighted by Gasteiger charge is 2.12.